The lowest BCUT2D eigenvalue weighted by molar-refractivity contribution is -0.202. The highest BCUT2D eigenvalue weighted by Gasteiger charge is 2.69. The topological polar surface area (TPSA) is 26.3 Å². The van der Waals surface area contributed by atoms with Crippen molar-refractivity contribution in [3.8, 4) is 0 Å². The van der Waals surface area contributed by atoms with Crippen LogP contribution in [-0.2, 0) is 9.53 Å². The van der Waals surface area contributed by atoms with Gasteiger partial charge < -0.3 is 4.74 Å². The van der Waals surface area contributed by atoms with Gasteiger partial charge in [0.25, 0.3) is 0 Å². The highest BCUT2D eigenvalue weighted by atomic mass is 16.6. The molecule has 2 fully saturated rings. The van der Waals surface area contributed by atoms with Gasteiger partial charge in [-0.1, -0.05) is 27.7 Å². The molecule has 2 bridgehead atoms. The summed E-state index contributed by atoms with van der Waals surface area (Å²) in [6, 6.07) is 0. The third-order valence-electron chi connectivity index (χ3n) is 6.88. The Morgan fingerprint density at radius 3 is 2.26 bits per heavy atom. The average Bonchev–Trinajstić information content (AvgIpc) is 2.77. The molecule has 3 unspecified atom stereocenters. The second-order valence-electron chi connectivity index (χ2n) is 8.38. The number of hydrogen-bond donors (Lipinski definition) is 0. The third kappa shape index (κ3) is 1.78. The van der Waals surface area contributed by atoms with Crippen LogP contribution in [0.1, 0.15) is 74.1 Å². The number of esters is 1. The summed E-state index contributed by atoms with van der Waals surface area (Å²) < 4.78 is 6.17. The van der Waals surface area contributed by atoms with Crippen LogP contribution >= 0.6 is 0 Å². The molecule has 2 aliphatic rings. The second-order valence-corrected chi connectivity index (χ2v) is 8.38. The zero-order valence-electron chi connectivity index (χ0n) is 13.7. The van der Waals surface area contributed by atoms with Crippen LogP contribution < -0.4 is 0 Å². The van der Waals surface area contributed by atoms with Crippen molar-refractivity contribution in [3.63, 3.8) is 0 Å². The Balaban J connectivity index is 2.30. The van der Waals surface area contributed by atoms with Gasteiger partial charge in [0.15, 0.2) is 0 Å². The second kappa shape index (κ2) is 3.99. The first kappa shape index (κ1) is 14.9. The van der Waals surface area contributed by atoms with E-state index in [1.807, 2.05) is 13.8 Å². The molecule has 2 aliphatic carbocycles. The Bertz CT molecular complexity index is 389. The molecule has 110 valence electrons. The summed E-state index contributed by atoms with van der Waals surface area (Å²) in [5, 5.41) is 0. The Hall–Kier alpha value is -0.530. The van der Waals surface area contributed by atoms with Gasteiger partial charge in [0.05, 0.1) is 5.41 Å². The van der Waals surface area contributed by atoms with Crippen molar-refractivity contribution < 1.29 is 9.53 Å². The van der Waals surface area contributed by atoms with Crippen LogP contribution in [0.3, 0.4) is 0 Å². The first-order chi connectivity index (χ1) is 8.50. The molecule has 0 aromatic heterocycles. The molecule has 0 spiro atoms. The maximum absolute atomic E-state index is 12.5. The SMILES string of the molecule is CCC(C)(C)C(=O)OC1(C)C2(C)CCC(C2)C1(C)C. The van der Waals surface area contributed by atoms with E-state index in [1.54, 1.807) is 0 Å². The predicted molar refractivity (Wildman–Crippen MR) is 77.8 cm³/mol. The van der Waals surface area contributed by atoms with Gasteiger partial charge in [-0.15, -0.1) is 0 Å². The summed E-state index contributed by atoms with van der Waals surface area (Å²) in [5.41, 5.74) is -0.468. The molecule has 2 saturated carbocycles. The highest BCUT2D eigenvalue weighted by molar-refractivity contribution is 5.76. The van der Waals surface area contributed by atoms with Crippen LogP contribution in [0.2, 0.25) is 0 Å². The number of ether oxygens (including phenoxy) is 1. The van der Waals surface area contributed by atoms with Crippen LogP contribution in [0.25, 0.3) is 0 Å². The van der Waals surface area contributed by atoms with Gasteiger partial charge in [-0.3, -0.25) is 4.79 Å². The van der Waals surface area contributed by atoms with Crippen molar-refractivity contribution in [2.45, 2.75) is 79.8 Å². The van der Waals surface area contributed by atoms with E-state index in [9.17, 15) is 4.79 Å². The lowest BCUT2D eigenvalue weighted by Gasteiger charge is -2.51. The molecule has 0 aromatic rings. The molecule has 19 heavy (non-hydrogen) atoms. The molecular weight excluding hydrogens is 236 g/mol. The van der Waals surface area contributed by atoms with Crippen molar-refractivity contribution in [1.82, 2.24) is 0 Å². The molecule has 2 rings (SSSR count). The summed E-state index contributed by atoms with van der Waals surface area (Å²) in [6.07, 6.45) is 4.50. The minimum atomic E-state index is -0.378. The fourth-order valence-corrected chi connectivity index (χ4v) is 4.18. The summed E-state index contributed by atoms with van der Waals surface area (Å²) >= 11 is 0. The maximum atomic E-state index is 12.5. The van der Waals surface area contributed by atoms with Crippen LogP contribution in [0.4, 0.5) is 0 Å². The molecule has 0 aliphatic heterocycles. The average molecular weight is 266 g/mol. The normalized spacial score (nSPS) is 40.5. The molecule has 2 heteroatoms. The molecule has 0 aromatic carbocycles. The number of fused-ring (bicyclic) bond motifs is 2. The predicted octanol–water partition coefficient (Wildman–Crippen LogP) is 4.57. The Morgan fingerprint density at radius 2 is 1.84 bits per heavy atom. The first-order valence-electron chi connectivity index (χ1n) is 7.74. The van der Waals surface area contributed by atoms with Crippen molar-refractivity contribution in [2.75, 3.05) is 0 Å². The summed E-state index contributed by atoms with van der Waals surface area (Å²) in [5.74, 6) is 0.666. The quantitative estimate of drug-likeness (QED) is 0.699. The zero-order chi connectivity index (χ0) is 14.7. The lowest BCUT2D eigenvalue weighted by Crippen LogP contribution is -2.55. The molecule has 0 N–H and O–H groups in total. The fraction of sp³-hybridized carbons (Fsp3) is 0.941. The van der Waals surface area contributed by atoms with Crippen molar-refractivity contribution in [1.29, 1.82) is 0 Å². The molecular formula is C17H30O2. The van der Waals surface area contributed by atoms with Gasteiger partial charge in [0.1, 0.15) is 5.60 Å². The molecule has 3 atom stereocenters. The highest BCUT2D eigenvalue weighted by Crippen LogP contribution is 2.69. The largest absolute Gasteiger partial charge is 0.458 e. The Labute approximate surface area is 118 Å². The van der Waals surface area contributed by atoms with E-state index in [0.717, 1.165) is 6.42 Å². The molecule has 2 nitrogen and oxygen atoms in total. The van der Waals surface area contributed by atoms with Crippen molar-refractivity contribution in [2.24, 2.45) is 22.2 Å². The minimum absolute atomic E-state index is 0.0284. The van der Waals surface area contributed by atoms with Gasteiger partial charge in [0, 0.05) is 10.8 Å². The summed E-state index contributed by atoms with van der Waals surface area (Å²) in [6.45, 7) is 15.1. The minimum Gasteiger partial charge on any atom is -0.458 e. The maximum Gasteiger partial charge on any atom is 0.312 e. The lowest BCUT2D eigenvalue weighted by atomic mass is 9.61. The van der Waals surface area contributed by atoms with E-state index in [1.165, 1.54) is 19.3 Å². The van der Waals surface area contributed by atoms with Crippen LogP contribution in [0.5, 0.6) is 0 Å². The van der Waals surface area contributed by atoms with Crippen LogP contribution in [0, 0.1) is 22.2 Å². The third-order valence-corrected chi connectivity index (χ3v) is 6.88. The first-order valence-corrected chi connectivity index (χ1v) is 7.74. The van der Waals surface area contributed by atoms with E-state index < -0.39 is 0 Å². The molecule has 0 heterocycles. The standard InChI is InChI=1S/C17H30O2/c1-8-14(2,3)13(18)19-17(7)15(4,5)12-9-10-16(17,6)11-12/h12H,8-11H2,1-7H3. The van der Waals surface area contributed by atoms with E-state index in [2.05, 4.69) is 34.6 Å². The van der Waals surface area contributed by atoms with E-state index >= 15 is 0 Å². The number of rotatable bonds is 3. The smallest absolute Gasteiger partial charge is 0.312 e. The monoisotopic (exact) mass is 266 g/mol. The van der Waals surface area contributed by atoms with Gasteiger partial charge in [0.2, 0.25) is 0 Å². The van der Waals surface area contributed by atoms with Crippen LogP contribution in [0.15, 0.2) is 0 Å². The van der Waals surface area contributed by atoms with Gasteiger partial charge in [-0.2, -0.15) is 0 Å². The molecule has 0 saturated heterocycles. The fourth-order valence-electron chi connectivity index (χ4n) is 4.18. The van der Waals surface area contributed by atoms with E-state index in [-0.39, 0.29) is 27.8 Å². The molecule has 0 amide bonds. The zero-order valence-corrected chi connectivity index (χ0v) is 13.7. The van der Waals surface area contributed by atoms with Gasteiger partial charge >= 0.3 is 5.97 Å². The van der Waals surface area contributed by atoms with Gasteiger partial charge in [-0.25, -0.2) is 0 Å². The van der Waals surface area contributed by atoms with E-state index in [4.69, 9.17) is 4.74 Å². The number of hydrogen-bond acceptors (Lipinski definition) is 2. The summed E-state index contributed by atoms with van der Waals surface area (Å²) in [4.78, 5) is 12.5. The van der Waals surface area contributed by atoms with Crippen molar-refractivity contribution in [3.05, 3.63) is 0 Å². The number of carbonyl (C=O) groups is 1. The summed E-state index contributed by atoms with van der Waals surface area (Å²) in [7, 11) is 0. The van der Waals surface area contributed by atoms with Crippen LogP contribution in [-0.4, -0.2) is 11.6 Å². The van der Waals surface area contributed by atoms with E-state index in [0.29, 0.717) is 5.92 Å². The Morgan fingerprint density at radius 1 is 1.26 bits per heavy atom. The Kier molecular flexibility index (Phi) is 3.12. The van der Waals surface area contributed by atoms with Crippen molar-refractivity contribution >= 4 is 5.97 Å². The molecule has 0 radical (unpaired) electrons. The van der Waals surface area contributed by atoms with Gasteiger partial charge in [-0.05, 0) is 52.4 Å². The number of carbonyl (C=O) groups excluding carboxylic acids is 1.